The SMILES string of the molecule is O=C(O)C1(CNc2nc(Br)cs2)CCCCC1. The normalized spacial score (nSPS) is 18.9. The van der Waals surface area contributed by atoms with E-state index in [0.29, 0.717) is 6.54 Å². The van der Waals surface area contributed by atoms with Crippen LogP contribution in [-0.2, 0) is 4.79 Å². The van der Waals surface area contributed by atoms with Crippen molar-refractivity contribution in [2.45, 2.75) is 32.1 Å². The zero-order valence-electron chi connectivity index (χ0n) is 9.41. The van der Waals surface area contributed by atoms with Gasteiger partial charge in [-0.25, -0.2) is 4.98 Å². The highest BCUT2D eigenvalue weighted by molar-refractivity contribution is 9.10. The van der Waals surface area contributed by atoms with E-state index in [2.05, 4.69) is 26.2 Å². The zero-order chi connectivity index (χ0) is 12.3. The number of carboxylic acids is 1. The maximum absolute atomic E-state index is 11.4. The lowest BCUT2D eigenvalue weighted by molar-refractivity contribution is -0.150. The third kappa shape index (κ3) is 2.98. The molecule has 0 atom stereocenters. The predicted octanol–water partition coefficient (Wildman–Crippen LogP) is 3.35. The topological polar surface area (TPSA) is 62.2 Å². The van der Waals surface area contributed by atoms with Gasteiger partial charge in [0.1, 0.15) is 4.60 Å². The first-order valence-electron chi connectivity index (χ1n) is 5.71. The third-order valence-corrected chi connectivity index (χ3v) is 4.83. The van der Waals surface area contributed by atoms with Gasteiger partial charge in [-0.05, 0) is 28.8 Å². The first kappa shape index (κ1) is 12.8. The standard InChI is InChI=1S/C11H15BrN2O2S/c12-8-6-17-10(14-8)13-7-11(9(15)16)4-2-1-3-5-11/h6H,1-5,7H2,(H,13,14)(H,15,16). The number of thiazole rings is 1. The van der Waals surface area contributed by atoms with Crippen molar-refractivity contribution in [3.63, 3.8) is 0 Å². The van der Waals surface area contributed by atoms with Gasteiger partial charge in [-0.1, -0.05) is 19.3 Å². The molecule has 1 saturated carbocycles. The van der Waals surface area contributed by atoms with E-state index in [1.807, 2.05) is 5.38 Å². The molecule has 6 heteroatoms. The Balaban J connectivity index is 2.00. The van der Waals surface area contributed by atoms with Crippen molar-refractivity contribution < 1.29 is 9.90 Å². The number of carbonyl (C=O) groups is 1. The summed E-state index contributed by atoms with van der Waals surface area (Å²) in [5, 5.41) is 15.2. The van der Waals surface area contributed by atoms with Crippen LogP contribution in [0, 0.1) is 5.41 Å². The molecule has 0 unspecified atom stereocenters. The highest BCUT2D eigenvalue weighted by atomic mass is 79.9. The van der Waals surface area contributed by atoms with Gasteiger partial charge >= 0.3 is 5.97 Å². The van der Waals surface area contributed by atoms with E-state index >= 15 is 0 Å². The second-order valence-electron chi connectivity index (χ2n) is 4.48. The number of halogens is 1. The number of anilines is 1. The summed E-state index contributed by atoms with van der Waals surface area (Å²) < 4.78 is 0.790. The molecule has 0 bridgehead atoms. The number of aromatic nitrogens is 1. The van der Waals surface area contributed by atoms with E-state index in [9.17, 15) is 9.90 Å². The molecule has 4 nitrogen and oxygen atoms in total. The molecule has 1 aliphatic carbocycles. The van der Waals surface area contributed by atoms with Gasteiger partial charge in [0, 0.05) is 11.9 Å². The van der Waals surface area contributed by atoms with E-state index < -0.39 is 11.4 Å². The molecule has 1 aliphatic rings. The van der Waals surface area contributed by atoms with Crippen LogP contribution in [0.4, 0.5) is 5.13 Å². The van der Waals surface area contributed by atoms with Gasteiger partial charge in [-0.2, -0.15) is 0 Å². The Labute approximate surface area is 113 Å². The van der Waals surface area contributed by atoms with E-state index in [0.717, 1.165) is 41.8 Å². The van der Waals surface area contributed by atoms with Gasteiger partial charge in [-0.3, -0.25) is 4.79 Å². The molecule has 1 aromatic rings. The number of nitrogens with one attached hydrogen (secondary N) is 1. The number of rotatable bonds is 4. The van der Waals surface area contributed by atoms with Crippen LogP contribution >= 0.6 is 27.3 Å². The first-order valence-corrected chi connectivity index (χ1v) is 7.38. The van der Waals surface area contributed by atoms with Crippen LogP contribution < -0.4 is 5.32 Å². The average Bonchev–Trinajstić information content (AvgIpc) is 2.74. The van der Waals surface area contributed by atoms with Gasteiger partial charge in [-0.15, -0.1) is 11.3 Å². The summed E-state index contributed by atoms with van der Waals surface area (Å²) in [7, 11) is 0. The van der Waals surface area contributed by atoms with E-state index in [1.165, 1.54) is 11.3 Å². The molecular weight excluding hydrogens is 304 g/mol. The largest absolute Gasteiger partial charge is 0.481 e. The van der Waals surface area contributed by atoms with Crippen molar-refractivity contribution in [2.75, 3.05) is 11.9 Å². The van der Waals surface area contributed by atoms with Gasteiger partial charge in [0.2, 0.25) is 0 Å². The van der Waals surface area contributed by atoms with Crippen molar-refractivity contribution in [3.05, 3.63) is 9.98 Å². The molecular formula is C11H15BrN2O2S. The lowest BCUT2D eigenvalue weighted by Gasteiger charge is -2.33. The molecule has 94 valence electrons. The minimum atomic E-state index is -0.680. The Kier molecular flexibility index (Phi) is 4.04. The first-order chi connectivity index (χ1) is 8.12. The minimum absolute atomic E-state index is 0.474. The minimum Gasteiger partial charge on any atom is -0.481 e. The van der Waals surface area contributed by atoms with Gasteiger partial charge in [0.25, 0.3) is 0 Å². The van der Waals surface area contributed by atoms with Gasteiger partial charge in [0.15, 0.2) is 5.13 Å². The Bertz CT molecular complexity index is 402. The zero-order valence-corrected chi connectivity index (χ0v) is 11.8. The second-order valence-corrected chi connectivity index (χ2v) is 6.15. The molecule has 0 radical (unpaired) electrons. The molecule has 17 heavy (non-hydrogen) atoms. The van der Waals surface area contributed by atoms with Crippen molar-refractivity contribution in [1.29, 1.82) is 0 Å². The summed E-state index contributed by atoms with van der Waals surface area (Å²) in [5.41, 5.74) is -0.601. The number of hydrogen-bond donors (Lipinski definition) is 2. The molecule has 0 aliphatic heterocycles. The molecule has 1 heterocycles. The summed E-state index contributed by atoms with van der Waals surface area (Å²) in [6.45, 7) is 0.474. The number of aliphatic carboxylic acids is 1. The van der Waals surface area contributed by atoms with Crippen molar-refractivity contribution in [3.8, 4) is 0 Å². The predicted molar refractivity (Wildman–Crippen MR) is 71.5 cm³/mol. The van der Waals surface area contributed by atoms with Crippen LogP contribution in [0.15, 0.2) is 9.98 Å². The molecule has 0 aromatic carbocycles. The summed E-state index contributed by atoms with van der Waals surface area (Å²) in [4.78, 5) is 15.7. The molecule has 0 spiro atoms. The van der Waals surface area contributed by atoms with Crippen molar-refractivity contribution >= 4 is 38.4 Å². The van der Waals surface area contributed by atoms with Crippen LogP contribution in [0.3, 0.4) is 0 Å². The van der Waals surface area contributed by atoms with Gasteiger partial charge < -0.3 is 10.4 Å². The lowest BCUT2D eigenvalue weighted by atomic mass is 9.74. The summed E-state index contributed by atoms with van der Waals surface area (Å²) >= 11 is 4.77. The van der Waals surface area contributed by atoms with Crippen molar-refractivity contribution in [1.82, 2.24) is 4.98 Å². The van der Waals surface area contributed by atoms with Crippen LogP contribution in [-0.4, -0.2) is 22.6 Å². The second kappa shape index (κ2) is 5.35. The Morgan fingerprint density at radius 2 is 2.24 bits per heavy atom. The van der Waals surface area contributed by atoms with Crippen molar-refractivity contribution in [2.24, 2.45) is 5.41 Å². The fourth-order valence-corrected chi connectivity index (χ4v) is 3.42. The number of carboxylic acid groups (broad SMARTS) is 1. The highest BCUT2D eigenvalue weighted by Crippen LogP contribution is 2.37. The fraction of sp³-hybridized carbons (Fsp3) is 0.636. The van der Waals surface area contributed by atoms with Crippen LogP contribution in [0.2, 0.25) is 0 Å². The average molecular weight is 319 g/mol. The maximum Gasteiger partial charge on any atom is 0.311 e. The smallest absolute Gasteiger partial charge is 0.311 e. The quantitative estimate of drug-likeness (QED) is 0.893. The monoisotopic (exact) mass is 318 g/mol. The Morgan fingerprint density at radius 3 is 2.76 bits per heavy atom. The maximum atomic E-state index is 11.4. The summed E-state index contributed by atoms with van der Waals surface area (Å²) in [6, 6.07) is 0. The summed E-state index contributed by atoms with van der Waals surface area (Å²) in [5.74, 6) is -0.680. The van der Waals surface area contributed by atoms with E-state index in [-0.39, 0.29) is 0 Å². The molecule has 1 aromatic heterocycles. The Hall–Kier alpha value is -0.620. The molecule has 0 saturated heterocycles. The molecule has 2 N–H and O–H groups in total. The fourth-order valence-electron chi connectivity index (χ4n) is 2.27. The number of nitrogens with zero attached hydrogens (tertiary/aromatic N) is 1. The van der Waals surface area contributed by atoms with E-state index in [4.69, 9.17) is 0 Å². The van der Waals surface area contributed by atoms with Crippen LogP contribution in [0.1, 0.15) is 32.1 Å². The molecule has 1 fully saturated rings. The van der Waals surface area contributed by atoms with E-state index in [1.54, 1.807) is 0 Å². The van der Waals surface area contributed by atoms with Crippen LogP contribution in [0.25, 0.3) is 0 Å². The molecule has 0 amide bonds. The van der Waals surface area contributed by atoms with Gasteiger partial charge in [0.05, 0.1) is 5.41 Å². The number of hydrogen-bond acceptors (Lipinski definition) is 4. The Morgan fingerprint density at radius 1 is 1.53 bits per heavy atom. The van der Waals surface area contributed by atoms with Crippen LogP contribution in [0.5, 0.6) is 0 Å². The highest BCUT2D eigenvalue weighted by Gasteiger charge is 2.39. The molecule has 2 rings (SSSR count). The lowest BCUT2D eigenvalue weighted by Crippen LogP contribution is -2.39. The third-order valence-electron chi connectivity index (χ3n) is 3.32. The summed E-state index contributed by atoms with van der Waals surface area (Å²) in [6.07, 6.45) is 4.70.